The van der Waals surface area contributed by atoms with E-state index in [2.05, 4.69) is 66.2 Å². The monoisotopic (exact) mass is 441 g/mol. The first-order valence-electron chi connectivity index (χ1n) is 12.7. The van der Waals surface area contributed by atoms with Crippen molar-refractivity contribution < 1.29 is 4.79 Å². The molecule has 1 unspecified atom stereocenters. The van der Waals surface area contributed by atoms with Crippen molar-refractivity contribution >= 4 is 11.9 Å². The minimum Gasteiger partial charge on any atom is -0.357 e. The van der Waals surface area contributed by atoms with Crippen molar-refractivity contribution in [3.8, 4) is 0 Å². The molecule has 6 nitrogen and oxygen atoms in total. The number of piperidine rings is 1. The molecule has 6 heteroatoms. The summed E-state index contributed by atoms with van der Waals surface area (Å²) in [5.74, 6) is 2.42. The zero-order valence-corrected chi connectivity index (χ0v) is 20.4. The molecular weight excluding hydrogens is 398 g/mol. The number of amides is 1. The maximum absolute atomic E-state index is 12.8. The van der Waals surface area contributed by atoms with Crippen LogP contribution in [0.2, 0.25) is 0 Å². The predicted octanol–water partition coefficient (Wildman–Crippen LogP) is 3.10. The predicted molar refractivity (Wildman–Crippen MR) is 133 cm³/mol. The number of carbonyl (C=O) groups excluding carboxylic acids is 1. The largest absolute Gasteiger partial charge is 0.357 e. The first-order valence-corrected chi connectivity index (χ1v) is 12.7. The van der Waals surface area contributed by atoms with Crippen LogP contribution in [-0.2, 0) is 11.2 Å². The Morgan fingerprint density at radius 2 is 1.66 bits per heavy atom. The van der Waals surface area contributed by atoms with Gasteiger partial charge in [-0.2, -0.15) is 0 Å². The number of rotatable bonds is 9. The Kier molecular flexibility index (Phi) is 9.85. The third kappa shape index (κ3) is 7.22. The van der Waals surface area contributed by atoms with Gasteiger partial charge >= 0.3 is 0 Å². The van der Waals surface area contributed by atoms with Crippen LogP contribution in [0.1, 0.15) is 45.6 Å². The van der Waals surface area contributed by atoms with Gasteiger partial charge in [0.15, 0.2) is 5.96 Å². The zero-order chi connectivity index (χ0) is 22.8. The molecule has 32 heavy (non-hydrogen) atoms. The maximum atomic E-state index is 12.8. The van der Waals surface area contributed by atoms with Gasteiger partial charge in [-0.1, -0.05) is 44.2 Å². The number of nitrogens with one attached hydrogen (secondary N) is 1. The SMILES string of the molecule is CCNC(=NCC(=O)N1CCC(Cc2ccccc2)CC1)N1CCC(CN(CC)CC)C1. The number of carbonyl (C=O) groups is 1. The normalized spacial score (nSPS) is 20.2. The van der Waals surface area contributed by atoms with Crippen LogP contribution in [-0.4, -0.2) is 85.5 Å². The lowest BCUT2D eigenvalue weighted by Gasteiger charge is -2.32. The Morgan fingerprint density at radius 1 is 1.00 bits per heavy atom. The van der Waals surface area contributed by atoms with Gasteiger partial charge in [0.05, 0.1) is 0 Å². The number of likely N-dealkylation sites (tertiary alicyclic amines) is 2. The van der Waals surface area contributed by atoms with E-state index in [1.165, 1.54) is 12.0 Å². The lowest BCUT2D eigenvalue weighted by atomic mass is 9.90. The second-order valence-electron chi connectivity index (χ2n) is 9.27. The number of hydrogen-bond donors (Lipinski definition) is 1. The van der Waals surface area contributed by atoms with Crippen molar-refractivity contribution in [1.82, 2.24) is 20.0 Å². The highest BCUT2D eigenvalue weighted by Crippen LogP contribution is 2.22. The molecule has 1 atom stereocenters. The zero-order valence-electron chi connectivity index (χ0n) is 20.4. The second kappa shape index (κ2) is 12.8. The average Bonchev–Trinajstić information content (AvgIpc) is 3.29. The molecule has 0 aliphatic carbocycles. The van der Waals surface area contributed by atoms with Crippen LogP contribution in [0.5, 0.6) is 0 Å². The van der Waals surface area contributed by atoms with Crippen LogP contribution in [0.3, 0.4) is 0 Å². The van der Waals surface area contributed by atoms with Crippen LogP contribution in [0.4, 0.5) is 0 Å². The van der Waals surface area contributed by atoms with E-state index in [9.17, 15) is 4.79 Å². The van der Waals surface area contributed by atoms with Crippen molar-refractivity contribution in [3.63, 3.8) is 0 Å². The van der Waals surface area contributed by atoms with Crippen molar-refractivity contribution in [2.75, 3.05) is 58.9 Å². The van der Waals surface area contributed by atoms with E-state index < -0.39 is 0 Å². The van der Waals surface area contributed by atoms with Gasteiger partial charge in [-0.05, 0) is 63.1 Å². The second-order valence-corrected chi connectivity index (χ2v) is 9.27. The lowest BCUT2D eigenvalue weighted by Crippen LogP contribution is -2.43. The highest BCUT2D eigenvalue weighted by Gasteiger charge is 2.27. The number of nitrogens with zero attached hydrogens (tertiary/aromatic N) is 4. The summed E-state index contributed by atoms with van der Waals surface area (Å²) >= 11 is 0. The molecule has 1 N–H and O–H groups in total. The number of benzene rings is 1. The van der Waals surface area contributed by atoms with Crippen LogP contribution < -0.4 is 5.32 Å². The number of aliphatic imine (C=N–C) groups is 1. The van der Waals surface area contributed by atoms with E-state index in [1.807, 2.05) is 4.90 Å². The molecule has 2 aliphatic rings. The first-order chi connectivity index (χ1) is 15.6. The summed E-state index contributed by atoms with van der Waals surface area (Å²) in [6.45, 7) is 14.8. The summed E-state index contributed by atoms with van der Waals surface area (Å²) in [7, 11) is 0. The van der Waals surface area contributed by atoms with E-state index in [0.717, 1.165) is 77.6 Å². The van der Waals surface area contributed by atoms with Gasteiger partial charge in [0.25, 0.3) is 0 Å². The summed E-state index contributed by atoms with van der Waals surface area (Å²) in [5, 5.41) is 3.41. The van der Waals surface area contributed by atoms with Crippen LogP contribution in [0.25, 0.3) is 0 Å². The molecular formula is C26H43N5O. The standard InChI is InChI=1S/C26H43N5O/c1-4-27-26(31-17-14-24(21-31)20-29(5-2)6-3)28-19-25(32)30-15-12-23(13-16-30)18-22-10-8-7-9-11-22/h7-11,23-24H,4-6,12-21H2,1-3H3,(H,27,28). The van der Waals surface area contributed by atoms with E-state index in [0.29, 0.717) is 11.8 Å². The van der Waals surface area contributed by atoms with Crippen molar-refractivity contribution in [2.45, 2.75) is 46.5 Å². The molecule has 2 saturated heterocycles. The quantitative estimate of drug-likeness (QED) is 0.473. The third-order valence-corrected chi connectivity index (χ3v) is 7.03. The summed E-state index contributed by atoms with van der Waals surface area (Å²) < 4.78 is 0. The maximum Gasteiger partial charge on any atom is 0.244 e. The Morgan fingerprint density at radius 3 is 2.31 bits per heavy atom. The minimum atomic E-state index is 0.164. The summed E-state index contributed by atoms with van der Waals surface area (Å²) in [6.07, 6.45) is 4.49. The average molecular weight is 442 g/mol. The van der Waals surface area contributed by atoms with Crippen molar-refractivity contribution in [2.24, 2.45) is 16.8 Å². The highest BCUT2D eigenvalue weighted by molar-refractivity contribution is 5.85. The number of guanidine groups is 1. The molecule has 3 rings (SSSR count). The molecule has 0 aromatic heterocycles. The Labute approximate surface area is 195 Å². The fraction of sp³-hybridized carbons (Fsp3) is 0.692. The Hall–Kier alpha value is -2.08. The molecule has 1 aromatic rings. The minimum absolute atomic E-state index is 0.164. The molecule has 178 valence electrons. The van der Waals surface area contributed by atoms with Gasteiger partial charge in [-0.15, -0.1) is 0 Å². The third-order valence-electron chi connectivity index (χ3n) is 7.03. The van der Waals surface area contributed by atoms with Crippen LogP contribution in [0, 0.1) is 11.8 Å². The van der Waals surface area contributed by atoms with Gasteiger partial charge < -0.3 is 20.0 Å². The smallest absolute Gasteiger partial charge is 0.244 e. The molecule has 0 saturated carbocycles. The molecule has 0 bridgehead atoms. The van der Waals surface area contributed by atoms with Gasteiger partial charge in [0.2, 0.25) is 5.91 Å². The molecule has 2 heterocycles. The number of hydrogen-bond acceptors (Lipinski definition) is 3. The summed E-state index contributed by atoms with van der Waals surface area (Å²) in [5.41, 5.74) is 1.40. The van der Waals surface area contributed by atoms with E-state index in [4.69, 9.17) is 4.99 Å². The van der Waals surface area contributed by atoms with Gasteiger partial charge in [-0.3, -0.25) is 4.79 Å². The molecule has 0 spiro atoms. The first kappa shape index (κ1) is 24.6. The van der Waals surface area contributed by atoms with Crippen molar-refractivity contribution in [3.05, 3.63) is 35.9 Å². The molecule has 0 radical (unpaired) electrons. The topological polar surface area (TPSA) is 51.2 Å². The summed E-state index contributed by atoms with van der Waals surface area (Å²) in [6, 6.07) is 10.7. The van der Waals surface area contributed by atoms with Gasteiger partial charge in [0, 0.05) is 39.3 Å². The van der Waals surface area contributed by atoms with E-state index in [-0.39, 0.29) is 12.5 Å². The van der Waals surface area contributed by atoms with Crippen LogP contribution in [0.15, 0.2) is 35.3 Å². The van der Waals surface area contributed by atoms with E-state index in [1.54, 1.807) is 0 Å². The van der Waals surface area contributed by atoms with Gasteiger partial charge in [-0.25, -0.2) is 4.99 Å². The van der Waals surface area contributed by atoms with Crippen LogP contribution >= 0.6 is 0 Å². The fourth-order valence-electron chi connectivity index (χ4n) is 5.02. The highest BCUT2D eigenvalue weighted by atomic mass is 16.2. The Balaban J connectivity index is 1.46. The fourth-order valence-corrected chi connectivity index (χ4v) is 5.02. The van der Waals surface area contributed by atoms with Gasteiger partial charge in [0.1, 0.15) is 6.54 Å². The molecule has 1 amide bonds. The molecule has 2 fully saturated rings. The summed E-state index contributed by atoms with van der Waals surface area (Å²) in [4.78, 5) is 24.4. The van der Waals surface area contributed by atoms with Crippen molar-refractivity contribution in [1.29, 1.82) is 0 Å². The Bertz CT molecular complexity index is 710. The molecule has 2 aliphatic heterocycles. The lowest BCUT2D eigenvalue weighted by molar-refractivity contribution is -0.131. The van der Waals surface area contributed by atoms with E-state index >= 15 is 0 Å². The molecule has 1 aromatic carbocycles.